The summed E-state index contributed by atoms with van der Waals surface area (Å²) in [7, 11) is 0. The molecular formula is C25H16I2N2O5S. The van der Waals surface area contributed by atoms with E-state index in [0.29, 0.717) is 17.0 Å². The summed E-state index contributed by atoms with van der Waals surface area (Å²) in [5.74, 6) is -1.38. The number of carboxylic acids is 1. The van der Waals surface area contributed by atoms with Gasteiger partial charge in [0.15, 0.2) is 5.11 Å². The van der Waals surface area contributed by atoms with Crippen molar-refractivity contribution in [3.63, 3.8) is 0 Å². The molecular weight excluding hydrogens is 694 g/mol. The highest BCUT2D eigenvalue weighted by molar-refractivity contribution is 14.1. The quantitative estimate of drug-likeness (QED) is 0.162. The van der Waals surface area contributed by atoms with E-state index in [9.17, 15) is 14.4 Å². The summed E-state index contributed by atoms with van der Waals surface area (Å²) < 4.78 is 7.56. The van der Waals surface area contributed by atoms with Gasteiger partial charge in [-0.05, 0) is 111 Å². The van der Waals surface area contributed by atoms with Crippen LogP contribution < -0.4 is 15.0 Å². The molecule has 4 rings (SSSR count). The van der Waals surface area contributed by atoms with Crippen molar-refractivity contribution in [1.29, 1.82) is 0 Å². The molecule has 0 saturated carbocycles. The zero-order valence-corrected chi connectivity index (χ0v) is 23.0. The number of ether oxygens (including phenoxy) is 1. The predicted molar refractivity (Wildman–Crippen MR) is 152 cm³/mol. The average Bonchev–Trinajstić information content (AvgIpc) is 2.82. The number of halogens is 2. The number of hydrogen-bond donors (Lipinski definition) is 2. The van der Waals surface area contributed by atoms with E-state index in [4.69, 9.17) is 22.1 Å². The summed E-state index contributed by atoms with van der Waals surface area (Å²) >= 11 is 9.50. The van der Waals surface area contributed by atoms with Crippen molar-refractivity contribution in [2.75, 3.05) is 4.90 Å². The number of nitrogens with one attached hydrogen (secondary N) is 1. The number of anilines is 1. The van der Waals surface area contributed by atoms with Crippen LogP contribution in [0.25, 0.3) is 6.08 Å². The first-order chi connectivity index (χ1) is 16.7. The first-order valence-electron chi connectivity index (χ1n) is 10.1. The van der Waals surface area contributed by atoms with Crippen molar-refractivity contribution in [2.24, 2.45) is 0 Å². The molecule has 1 aliphatic rings. The summed E-state index contributed by atoms with van der Waals surface area (Å²) in [5, 5.41) is 11.6. The van der Waals surface area contributed by atoms with E-state index in [2.05, 4.69) is 50.5 Å². The molecule has 176 valence electrons. The fourth-order valence-electron chi connectivity index (χ4n) is 3.34. The molecule has 0 spiro atoms. The van der Waals surface area contributed by atoms with Crippen LogP contribution in [0.4, 0.5) is 5.69 Å². The van der Waals surface area contributed by atoms with E-state index < -0.39 is 17.8 Å². The van der Waals surface area contributed by atoms with E-state index in [1.807, 2.05) is 18.2 Å². The first kappa shape index (κ1) is 25.3. The summed E-state index contributed by atoms with van der Waals surface area (Å²) in [5.41, 5.74) is 2.24. The van der Waals surface area contributed by atoms with Crippen molar-refractivity contribution in [1.82, 2.24) is 5.32 Å². The van der Waals surface area contributed by atoms with Gasteiger partial charge >= 0.3 is 5.97 Å². The number of carbonyl (C=O) groups is 3. The Morgan fingerprint density at radius 3 is 2.26 bits per heavy atom. The molecule has 0 aliphatic carbocycles. The first-order valence-corrected chi connectivity index (χ1v) is 12.7. The van der Waals surface area contributed by atoms with Gasteiger partial charge in [-0.15, -0.1) is 0 Å². The third-order valence-corrected chi connectivity index (χ3v) is 6.92. The maximum Gasteiger partial charge on any atom is 0.335 e. The van der Waals surface area contributed by atoms with Gasteiger partial charge < -0.3 is 9.84 Å². The molecule has 1 heterocycles. The number of aromatic carboxylic acids is 1. The zero-order chi connectivity index (χ0) is 25.1. The highest BCUT2D eigenvalue weighted by Gasteiger charge is 2.34. The molecule has 0 bridgehead atoms. The Morgan fingerprint density at radius 1 is 1.03 bits per heavy atom. The second-order valence-corrected chi connectivity index (χ2v) is 10.1. The number of para-hydroxylation sites is 1. The van der Waals surface area contributed by atoms with E-state index in [1.165, 1.54) is 23.1 Å². The van der Waals surface area contributed by atoms with E-state index in [0.717, 1.165) is 12.7 Å². The van der Waals surface area contributed by atoms with Crippen molar-refractivity contribution in [3.8, 4) is 5.75 Å². The number of rotatable bonds is 6. The number of thiocarbonyl (C=S) groups is 1. The highest BCUT2D eigenvalue weighted by Crippen LogP contribution is 2.31. The smallest absolute Gasteiger partial charge is 0.335 e. The third-order valence-electron chi connectivity index (χ3n) is 5.03. The van der Waals surface area contributed by atoms with E-state index in [1.54, 1.807) is 36.4 Å². The normalized spacial score (nSPS) is 14.7. The Hall–Kier alpha value is -2.84. The van der Waals surface area contributed by atoms with Crippen molar-refractivity contribution >= 4 is 92.1 Å². The second-order valence-electron chi connectivity index (χ2n) is 7.40. The minimum atomic E-state index is -0.981. The molecule has 2 amide bonds. The van der Waals surface area contributed by atoms with Gasteiger partial charge in [-0.1, -0.05) is 30.3 Å². The Labute approximate surface area is 233 Å². The van der Waals surface area contributed by atoms with Crippen LogP contribution in [0.2, 0.25) is 0 Å². The van der Waals surface area contributed by atoms with E-state index in [-0.39, 0.29) is 22.9 Å². The van der Waals surface area contributed by atoms with Gasteiger partial charge in [0.05, 0.1) is 18.4 Å². The minimum absolute atomic E-state index is 0.0266. The maximum absolute atomic E-state index is 13.2. The molecule has 3 aromatic rings. The monoisotopic (exact) mass is 710 g/mol. The molecule has 3 aromatic carbocycles. The molecule has 0 unspecified atom stereocenters. The lowest BCUT2D eigenvalue weighted by molar-refractivity contribution is -0.122. The lowest BCUT2D eigenvalue weighted by atomic mass is 10.1. The third kappa shape index (κ3) is 5.70. The molecule has 7 nitrogen and oxygen atoms in total. The summed E-state index contributed by atoms with van der Waals surface area (Å²) in [4.78, 5) is 38.0. The molecule has 1 aliphatic heterocycles. The van der Waals surface area contributed by atoms with Crippen LogP contribution in [0.5, 0.6) is 5.75 Å². The predicted octanol–water partition coefficient (Wildman–Crippen LogP) is 5.00. The zero-order valence-electron chi connectivity index (χ0n) is 17.8. The Bertz CT molecular complexity index is 1350. The lowest BCUT2D eigenvalue weighted by Gasteiger charge is -2.28. The van der Waals surface area contributed by atoms with Gasteiger partial charge in [-0.2, -0.15) is 0 Å². The van der Waals surface area contributed by atoms with Gasteiger partial charge in [0.25, 0.3) is 11.8 Å². The summed E-state index contributed by atoms with van der Waals surface area (Å²) in [6, 6.07) is 19.0. The number of carbonyl (C=O) groups excluding carboxylic acids is 2. The SMILES string of the molecule is O=C1NC(=S)N(c2ccccc2)C(=O)/C1=C/c1cc(I)c(OCc2ccc(C(=O)O)cc2)c(I)c1. The van der Waals surface area contributed by atoms with Crippen LogP contribution in [-0.2, 0) is 16.2 Å². The topological polar surface area (TPSA) is 95.9 Å². The molecule has 0 aromatic heterocycles. The summed E-state index contributed by atoms with van der Waals surface area (Å²) in [6.45, 7) is 0.261. The molecule has 1 saturated heterocycles. The van der Waals surface area contributed by atoms with Crippen molar-refractivity contribution < 1.29 is 24.2 Å². The number of hydrogen-bond acceptors (Lipinski definition) is 5. The standard InChI is InChI=1S/C25H16I2N2O5S/c26-19-11-15(12-20(27)21(19)34-13-14-6-8-16(9-7-14)24(32)33)10-18-22(30)28-25(35)29(23(18)31)17-4-2-1-3-5-17/h1-12H,13H2,(H,32,33)(H,28,30,35)/b18-10+. The van der Waals surface area contributed by atoms with Crippen LogP contribution in [0.15, 0.2) is 72.3 Å². The van der Waals surface area contributed by atoms with Crippen LogP contribution in [-0.4, -0.2) is 28.0 Å². The summed E-state index contributed by atoms with van der Waals surface area (Å²) in [6.07, 6.45) is 1.54. The second kappa shape index (κ2) is 10.8. The fraction of sp³-hybridized carbons (Fsp3) is 0.0400. The fourth-order valence-corrected chi connectivity index (χ4v) is 5.74. The largest absolute Gasteiger partial charge is 0.487 e. The minimum Gasteiger partial charge on any atom is -0.487 e. The molecule has 0 atom stereocenters. The van der Waals surface area contributed by atoms with Crippen LogP contribution in [0, 0.1) is 7.14 Å². The van der Waals surface area contributed by atoms with Gasteiger partial charge in [0, 0.05) is 0 Å². The number of nitrogens with zero attached hydrogens (tertiary/aromatic N) is 1. The van der Waals surface area contributed by atoms with Gasteiger partial charge in [-0.25, -0.2) is 4.79 Å². The van der Waals surface area contributed by atoms with Crippen LogP contribution in [0.3, 0.4) is 0 Å². The Kier molecular flexibility index (Phi) is 7.82. The maximum atomic E-state index is 13.2. The van der Waals surface area contributed by atoms with Gasteiger partial charge in [0.1, 0.15) is 17.9 Å². The molecule has 0 radical (unpaired) electrons. The van der Waals surface area contributed by atoms with Gasteiger partial charge in [-0.3, -0.25) is 19.8 Å². The Morgan fingerprint density at radius 2 is 1.66 bits per heavy atom. The van der Waals surface area contributed by atoms with E-state index >= 15 is 0 Å². The molecule has 2 N–H and O–H groups in total. The van der Waals surface area contributed by atoms with Crippen LogP contribution in [0.1, 0.15) is 21.5 Å². The Balaban J connectivity index is 1.56. The van der Waals surface area contributed by atoms with Crippen molar-refractivity contribution in [2.45, 2.75) is 6.61 Å². The number of amides is 2. The van der Waals surface area contributed by atoms with Crippen LogP contribution >= 0.6 is 57.4 Å². The van der Waals surface area contributed by atoms with Crippen molar-refractivity contribution in [3.05, 3.63) is 96.1 Å². The molecule has 35 heavy (non-hydrogen) atoms. The molecule has 1 fully saturated rings. The number of carboxylic acid groups (broad SMARTS) is 1. The lowest BCUT2D eigenvalue weighted by Crippen LogP contribution is -2.54. The number of benzene rings is 3. The highest BCUT2D eigenvalue weighted by atomic mass is 127. The molecule has 10 heteroatoms. The van der Waals surface area contributed by atoms with Gasteiger partial charge in [0.2, 0.25) is 0 Å². The average molecular weight is 710 g/mol.